The summed E-state index contributed by atoms with van der Waals surface area (Å²) in [5.74, 6) is 2.43. The number of rotatable bonds is 2. The Morgan fingerprint density at radius 3 is 2.17 bits per heavy atom. The summed E-state index contributed by atoms with van der Waals surface area (Å²) in [7, 11) is 0. The van der Waals surface area contributed by atoms with Gasteiger partial charge in [0.05, 0.1) is 6.10 Å². The molecule has 1 aliphatic heterocycles. The lowest BCUT2D eigenvalue weighted by Gasteiger charge is -2.47. The van der Waals surface area contributed by atoms with Crippen LogP contribution in [0.15, 0.2) is 30.3 Å². The highest BCUT2D eigenvalue weighted by molar-refractivity contribution is 5.20. The Morgan fingerprint density at radius 1 is 0.826 bits per heavy atom. The summed E-state index contributed by atoms with van der Waals surface area (Å²) in [5.41, 5.74) is 1.50. The van der Waals surface area contributed by atoms with Crippen LogP contribution < -0.4 is 0 Å². The van der Waals surface area contributed by atoms with E-state index in [0.717, 1.165) is 24.2 Å². The molecule has 4 rings (SSSR count). The Bertz CT molecular complexity index is 494. The Kier molecular flexibility index (Phi) is 4.73. The van der Waals surface area contributed by atoms with Gasteiger partial charge in [0, 0.05) is 6.04 Å². The third-order valence-corrected chi connectivity index (χ3v) is 6.87. The van der Waals surface area contributed by atoms with Crippen molar-refractivity contribution in [2.75, 3.05) is 13.1 Å². The van der Waals surface area contributed by atoms with E-state index < -0.39 is 0 Å². The Balaban J connectivity index is 1.36. The Hall–Kier alpha value is -0.860. The van der Waals surface area contributed by atoms with E-state index in [-0.39, 0.29) is 6.10 Å². The van der Waals surface area contributed by atoms with Gasteiger partial charge in [-0.15, -0.1) is 0 Å². The first kappa shape index (κ1) is 15.7. The van der Waals surface area contributed by atoms with Crippen LogP contribution in [-0.4, -0.2) is 35.2 Å². The predicted octanol–water partition coefficient (Wildman–Crippen LogP) is 4.20. The zero-order chi connectivity index (χ0) is 15.6. The zero-order valence-electron chi connectivity index (χ0n) is 14.2. The van der Waals surface area contributed by atoms with E-state index in [0.29, 0.717) is 6.04 Å². The molecule has 0 aromatic heterocycles. The first-order valence-electron chi connectivity index (χ1n) is 9.78. The fourth-order valence-electron chi connectivity index (χ4n) is 5.52. The summed E-state index contributed by atoms with van der Waals surface area (Å²) in [6, 6.07) is 11.4. The summed E-state index contributed by atoms with van der Waals surface area (Å²) in [4.78, 5) is 2.62. The molecule has 2 heteroatoms. The largest absolute Gasteiger partial charge is 0.391 e. The van der Waals surface area contributed by atoms with Crippen molar-refractivity contribution >= 4 is 0 Å². The Morgan fingerprint density at radius 2 is 1.48 bits per heavy atom. The second-order valence-corrected chi connectivity index (χ2v) is 8.13. The van der Waals surface area contributed by atoms with Crippen molar-refractivity contribution in [3.05, 3.63) is 35.9 Å². The van der Waals surface area contributed by atoms with Crippen LogP contribution in [0.5, 0.6) is 0 Å². The molecule has 0 unspecified atom stereocenters. The van der Waals surface area contributed by atoms with Crippen molar-refractivity contribution < 1.29 is 5.11 Å². The predicted molar refractivity (Wildman–Crippen MR) is 94.5 cm³/mol. The van der Waals surface area contributed by atoms with Gasteiger partial charge in [0.2, 0.25) is 0 Å². The average Bonchev–Trinajstić information content (AvgIpc) is 2.62. The van der Waals surface area contributed by atoms with E-state index in [2.05, 4.69) is 35.2 Å². The van der Waals surface area contributed by atoms with E-state index >= 15 is 0 Å². The number of hydrogen-bond donors (Lipinski definition) is 1. The molecule has 0 spiro atoms. The van der Waals surface area contributed by atoms with Gasteiger partial charge >= 0.3 is 0 Å². The number of nitrogens with zero attached hydrogens (tertiary/aromatic N) is 1. The molecule has 2 aliphatic carbocycles. The molecule has 126 valence electrons. The molecule has 1 N–H and O–H groups in total. The highest BCUT2D eigenvalue weighted by Gasteiger charge is 2.40. The molecule has 2 saturated carbocycles. The first-order chi connectivity index (χ1) is 11.3. The maximum absolute atomic E-state index is 10.7. The fraction of sp³-hybridized carbons (Fsp3) is 0.714. The molecule has 0 amide bonds. The Labute approximate surface area is 140 Å². The maximum atomic E-state index is 10.7. The van der Waals surface area contributed by atoms with Crippen LogP contribution in [0, 0.1) is 11.8 Å². The molecule has 2 nitrogen and oxygen atoms in total. The lowest BCUT2D eigenvalue weighted by Crippen LogP contribution is -2.52. The summed E-state index contributed by atoms with van der Waals surface area (Å²) in [5, 5.41) is 10.7. The van der Waals surface area contributed by atoms with Crippen molar-refractivity contribution in [3.63, 3.8) is 0 Å². The van der Waals surface area contributed by atoms with E-state index in [1.165, 1.54) is 63.6 Å². The highest BCUT2D eigenvalue weighted by Crippen LogP contribution is 2.42. The van der Waals surface area contributed by atoms with Crippen molar-refractivity contribution in [1.82, 2.24) is 4.90 Å². The van der Waals surface area contributed by atoms with E-state index in [1.807, 2.05) is 0 Å². The van der Waals surface area contributed by atoms with Gasteiger partial charge in [-0.05, 0) is 62.1 Å². The molecule has 1 saturated heterocycles. The van der Waals surface area contributed by atoms with E-state index in [9.17, 15) is 5.11 Å². The standard InChI is InChI=1S/C21H31NO/c23-21-15-19-9-5-4-8-18(19)14-20(21)22-12-10-17(11-13-22)16-6-2-1-3-7-16/h1-3,6-7,17-21,23H,4-5,8-15H2/t18-,19-,20+,21-/m1/s1. The summed E-state index contributed by atoms with van der Waals surface area (Å²) >= 11 is 0. The number of fused-ring (bicyclic) bond motifs is 1. The van der Waals surface area contributed by atoms with Gasteiger partial charge in [0.1, 0.15) is 0 Å². The van der Waals surface area contributed by atoms with Crippen molar-refractivity contribution in [2.24, 2.45) is 11.8 Å². The highest BCUT2D eigenvalue weighted by atomic mass is 16.3. The number of aliphatic hydroxyl groups is 1. The zero-order valence-corrected chi connectivity index (χ0v) is 14.2. The van der Waals surface area contributed by atoms with Crippen LogP contribution in [0.3, 0.4) is 0 Å². The van der Waals surface area contributed by atoms with Crippen molar-refractivity contribution in [3.8, 4) is 0 Å². The number of aliphatic hydroxyl groups excluding tert-OH is 1. The van der Waals surface area contributed by atoms with Gasteiger partial charge in [-0.3, -0.25) is 4.90 Å². The summed E-state index contributed by atoms with van der Waals surface area (Å²) < 4.78 is 0. The first-order valence-corrected chi connectivity index (χ1v) is 9.78. The molecule has 3 aliphatic rings. The SMILES string of the molecule is O[C@@H]1C[C@H]2CCCC[C@@H]2C[C@@H]1N1CCC(c2ccccc2)CC1. The number of hydrogen-bond acceptors (Lipinski definition) is 2. The van der Waals surface area contributed by atoms with Crippen LogP contribution in [0.4, 0.5) is 0 Å². The third-order valence-electron chi connectivity index (χ3n) is 6.87. The lowest BCUT2D eigenvalue weighted by molar-refractivity contribution is -0.0386. The number of benzene rings is 1. The van der Waals surface area contributed by atoms with Crippen LogP contribution in [0.25, 0.3) is 0 Å². The molecular weight excluding hydrogens is 282 g/mol. The number of likely N-dealkylation sites (tertiary alicyclic amines) is 1. The van der Waals surface area contributed by atoms with Gasteiger partial charge in [-0.25, -0.2) is 0 Å². The van der Waals surface area contributed by atoms with E-state index in [1.54, 1.807) is 0 Å². The van der Waals surface area contributed by atoms with Gasteiger partial charge < -0.3 is 5.11 Å². The lowest BCUT2D eigenvalue weighted by atomic mass is 9.68. The molecule has 0 radical (unpaired) electrons. The van der Waals surface area contributed by atoms with Gasteiger partial charge in [-0.1, -0.05) is 56.0 Å². The second-order valence-electron chi connectivity index (χ2n) is 8.13. The normalized spacial score (nSPS) is 36.6. The minimum absolute atomic E-state index is 0.0809. The molecular formula is C21H31NO. The van der Waals surface area contributed by atoms with Crippen LogP contribution in [0.1, 0.15) is 62.8 Å². The average molecular weight is 313 g/mol. The molecule has 23 heavy (non-hydrogen) atoms. The summed E-state index contributed by atoms with van der Waals surface area (Å²) in [6.07, 6.45) is 10.3. The van der Waals surface area contributed by atoms with Crippen molar-refractivity contribution in [2.45, 2.75) is 69.4 Å². The topological polar surface area (TPSA) is 23.5 Å². The van der Waals surface area contributed by atoms with Crippen molar-refractivity contribution in [1.29, 1.82) is 0 Å². The van der Waals surface area contributed by atoms with Gasteiger partial charge in [0.25, 0.3) is 0 Å². The third kappa shape index (κ3) is 3.34. The second kappa shape index (κ2) is 6.94. The molecule has 3 fully saturated rings. The molecule has 1 aromatic carbocycles. The van der Waals surface area contributed by atoms with Crippen LogP contribution >= 0.6 is 0 Å². The van der Waals surface area contributed by atoms with Gasteiger partial charge in [0.15, 0.2) is 0 Å². The van der Waals surface area contributed by atoms with Crippen LogP contribution in [-0.2, 0) is 0 Å². The smallest absolute Gasteiger partial charge is 0.0698 e. The van der Waals surface area contributed by atoms with Crippen LogP contribution in [0.2, 0.25) is 0 Å². The van der Waals surface area contributed by atoms with E-state index in [4.69, 9.17) is 0 Å². The van der Waals surface area contributed by atoms with Gasteiger partial charge in [-0.2, -0.15) is 0 Å². The molecule has 1 aromatic rings. The molecule has 1 heterocycles. The monoisotopic (exact) mass is 313 g/mol. The molecule has 0 bridgehead atoms. The minimum atomic E-state index is -0.0809. The quantitative estimate of drug-likeness (QED) is 0.884. The maximum Gasteiger partial charge on any atom is 0.0698 e. The number of piperidine rings is 1. The summed E-state index contributed by atoms with van der Waals surface area (Å²) in [6.45, 7) is 2.33. The fourth-order valence-corrected chi connectivity index (χ4v) is 5.52. The minimum Gasteiger partial charge on any atom is -0.391 e. The molecule has 4 atom stereocenters.